The van der Waals surface area contributed by atoms with Gasteiger partial charge in [-0.1, -0.05) is 36.4 Å². The number of phenolic OH excluding ortho intramolecular Hbond substituents is 1. The molecule has 0 spiro atoms. The zero-order valence-corrected chi connectivity index (χ0v) is 26.5. The first-order chi connectivity index (χ1) is 22.9. The summed E-state index contributed by atoms with van der Waals surface area (Å²) in [6.45, 7) is 2.74. The van der Waals surface area contributed by atoms with E-state index in [2.05, 4.69) is 60.9 Å². The molecule has 2 aromatic carbocycles. The van der Waals surface area contributed by atoms with Crippen LogP contribution in [0.2, 0.25) is 0 Å². The fourth-order valence-electron chi connectivity index (χ4n) is 7.51. The van der Waals surface area contributed by atoms with E-state index in [0.29, 0.717) is 54.5 Å². The zero-order chi connectivity index (χ0) is 32.3. The molecule has 47 heavy (non-hydrogen) atoms. The largest absolute Gasteiger partial charge is 0.507 e. The second-order valence-electron chi connectivity index (χ2n) is 13.2. The minimum atomic E-state index is -0.312. The average molecular weight is 635 g/mol. The first kappa shape index (κ1) is 31.0. The number of phenols is 1. The molecule has 11 nitrogen and oxygen atoms in total. The number of amides is 2. The van der Waals surface area contributed by atoms with Crippen molar-refractivity contribution in [1.82, 2.24) is 35.5 Å². The molecule has 7 rings (SSSR count). The van der Waals surface area contributed by atoms with Crippen LogP contribution in [0, 0.1) is 0 Å². The van der Waals surface area contributed by atoms with Gasteiger partial charge in [0, 0.05) is 55.0 Å². The molecule has 4 heterocycles. The van der Waals surface area contributed by atoms with Crippen molar-refractivity contribution in [2.75, 3.05) is 18.8 Å². The van der Waals surface area contributed by atoms with Crippen molar-refractivity contribution in [3.8, 4) is 28.1 Å². The third-order valence-corrected chi connectivity index (χ3v) is 10.2. The molecular formula is C36H42N8O3. The highest BCUT2D eigenvalue weighted by Crippen LogP contribution is 2.37. The first-order valence-corrected chi connectivity index (χ1v) is 16.8. The van der Waals surface area contributed by atoms with Crippen LogP contribution in [0.1, 0.15) is 74.5 Å². The molecule has 3 fully saturated rings. The SMILES string of the molecule is Nc1nnc(-c2ccccc2O)cc1-c1cnn(C2CCN(C3CCC(c4cccc(CNC5CCC(=O)NC5=O)c4)CC3)CC2)c1. The van der Waals surface area contributed by atoms with E-state index in [-0.39, 0.29) is 23.6 Å². The summed E-state index contributed by atoms with van der Waals surface area (Å²) >= 11 is 0. The van der Waals surface area contributed by atoms with Gasteiger partial charge in [0.05, 0.1) is 24.0 Å². The molecule has 2 saturated heterocycles. The lowest BCUT2D eigenvalue weighted by Crippen LogP contribution is -2.50. The molecule has 4 aromatic rings. The third-order valence-electron chi connectivity index (χ3n) is 10.2. The fraction of sp³-hybridized carbons (Fsp3) is 0.417. The molecule has 2 aromatic heterocycles. The number of carbonyl (C=O) groups is 2. The summed E-state index contributed by atoms with van der Waals surface area (Å²) in [6.07, 6.45) is 11.7. The third kappa shape index (κ3) is 6.91. The Balaban J connectivity index is 0.908. The standard InChI is InChI=1S/C36H42N8O3/c37-35-30(19-32(41-42-35)29-6-1-2-7-33(29)45)26-21-39-44(22-26)28-14-16-43(17-15-28)27-10-8-24(9-11-27)25-5-3-4-23(18-25)20-38-31-12-13-34(46)40-36(31)47/h1-7,18-19,21-22,24,27-28,31,38,45H,8-17,20H2,(H2,37,42)(H,40,46,47). The number of para-hydroxylation sites is 1. The molecule has 3 aliphatic rings. The number of nitrogens with zero attached hydrogens (tertiary/aromatic N) is 5. The van der Waals surface area contributed by atoms with Crippen LogP contribution in [0.4, 0.5) is 5.82 Å². The van der Waals surface area contributed by atoms with E-state index < -0.39 is 0 Å². The lowest BCUT2D eigenvalue weighted by atomic mass is 9.80. The Labute approximate surface area is 274 Å². The minimum absolute atomic E-state index is 0.152. The van der Waals surface area contributed by atoms with Crippen molar-refractivity contribution in [2.45, 2.75) is 82.0 Å². The Morgan fingerprint density at radius 2 is 1.70 bits per heavy atom. The van der Waals surface area contributed by atoms with Gasteiger partial charge >= 0.3 is 0 Å². The van der Waals surface area contributed by atoms with Crippen LogP contribution in [0.3, 0.4) is 0 Å². The predicted molar refractivity (Wildman–Crippen MR) is 179 cm³/mol. The molecule has 5 N–H and O–H groups in total. The number of imide groups is 1. The molecule has 0 radical (unpaired) electrons. The van der Waals surface area contributed by atoms with E-state index in [1.54, 1.807) is 12.1 Å². The maximum Gasteiger partial charge on any atom is 0.243 e. The van der Waals surface area contributed by atoms with Crippen molar-refractivity contribution in [3.05, 3.63) is 78.1 Å². The summed E-state index contributed by atoms with van der Waals surface area (Å²) in [4.78, 5) is 26.2. The highest BCUT2D eigenvalue weighted by molar-refractivity contribution is 6.00. The molecule has 2 aliphatic heterocycles. The summed E-state index contributed by atoms with van der Waals surface area (Å²) < 4.78 is 2.07. The van der Waals surface area contributed by atoms with Gasteiger partial charge in [0.1, 0.15) is 5.75 Å². The van der Waals surface area contributed by atoms with Gasteiger partial charge in [0.25, 0.3) is 0 Å². The number of nitrogen functional groups attached to an aromatic ring is 1. The number of nitrogens with one attached hydrogen (secondary N) is 2. The summed E-state index contributed by atoms with van der Waals surface area (Å²) in [7, 11) is 0. The molecule has 1 atom stereocenters. The number of aromatic nitrogens is 4. The van der Waals surface area contributed by atoms with E-state index in [9.17, 15) is 14.7 Å². The zero-order valence-electron chi connectivity index (χ0n) is 26.5. The number of benzene rings is 2. The van der Waals surface area contributed by atoms with Gasteiger partial charge in [-0.3, -0.25) is 19.6 Å². The normalized spacial score (nSPS) is 22.7. The average Bonchev–Trinajstić information content (AvgIpc) is 3.59. The highest BCUT2D eigenvalue weighted by Gasteiger charge is 2.31. The van der Waals surface area contributed by atoms with E-state index in [1.807, 2.05) is 24.4 Å². The summed E-state index contributed by atoms with van der Waals surface area (Å²) in [5, 5.41) is 29.1. The molecular weight excluding hydrogens is 592 g/mol. The van der Waals surface area contributed by atoms with Crippen molar-refractivity contribution in [3.63, 3.8) is 0 Å². The van der Waals surface area contributed by atoms with Gasteiger partial charge in [-0.2, -0.15) is 5.10 Å². The molecule has 11 heteroatoms. The van der Waals surface area contributed by atoms with Crippen LogP contribution >= 0.6 is 0 Å². The van der Waals surface area contributed by atoms with E-state index in [1.165, 1.54) is 36.8 Å². The minimum Gasteiger partial charge on any atom is -0.507 e. The number of nitrogens with two attached hydrogens (primary N) is 1. The van der Waals surface area contributed by atoms with E-state index in [0.717, 1.165) is 37.1 Å². The molecule has 2 amide bonds. The maximum absolute atomic E-state index is 12.1. The molecule has 1 saturated carbocycles. The van der Waals surface area contributed by atoms with Crippen LogP contribution in [-0.2, 0) is 16.1 Å². The summed E-state index contributed by atoms with van der Waals surface area (Å²) in [5.41, 5.74) is 11.6. The fourth-order valence-corrected chi connectivity index (χ4v) is 7.51. The Morgan fingerprint density at radius 3 is 2.49 bits per heavy atom. The number of anilines is 1. The van der Waals surface area contributed by atoms with Crippen LogP contribution in [0.15, 0.2) is 67.0 Å². The Hall–Kier alpha value is -4.61. The quantitative estimate of drug-likeness (QED) is 0.205. The molecule has 1 unspecified atom stereocenters. The second-order valence-corrected chi connectivity index (χ2v) is 13.2. The molecule has 1 aliphatic carbocycles. The van der Waals surface area contributed by atoms with Gasteiger partial charge in [0.15, 0.2) is 5.82 Å². The number of carbonyl (C=O) groups excluding carboxylic acids is 2. The molecule has 0 bridgehead atoms. The number of hydrogen-bond donors (Lipinski definition) is 4. The topological polar surface area (TPSA) is 151 Å². The van der Waals surface area contributed by atoms with Gasteiger partial charge in [-0.05, 0) is 80.2 Å². The van der Waals surface area contributed by atoms with Crippen LogP contribution < -0.4 is 16.4 Å². The van der Waals surface area contributed by atoms with Gasteiger partial charge in [-0.15, -0.1) is 10.2 Å². The Kier molecular flexibility index (Phi) is 8.99. The van der Waals surface area contributed by atoms with Crippen LogP contribution in [-0.4, -0.2) is 67.0 Å². The van der Waals surface area contributed by atoms with Crippen molar-refractivity contribution < 1.29 is 14.7 Å². The van der Waals surface area contributed by atoms with E-state index in [4.69, 9.17) is 10.8 Å². The highest BCUT2D eigenvalue weighted by atomic mass is 16.3. The Bertz CT molecular complexity index is 1740. The predicted octanol–water partition coefficient (Wildman–Crippen LogP) is 4.55. The summed E-state index contributed by atoms with van der Waals surface area (Å²) in [6, 6.07) is 18.4. The van der Waals surface area contributed by atoms with Crippen LogP contribution in [0.25, 0.3) is 22.4 Å². The van der Waals surface area contributed by atoms with Gasteiger partial charge in [-0.25, -0.2) is 0 Å². The summed E-state index contributed by atoms with van der Waals surface area (Å²) in [5.74, 6) is 0.642. The van der Waals surface area contributed by atoms with Gasteiger partial charge in [0.2, 0.25) is 11.8 Å². The lowest BCUT2D eigenvalue weighted by molar-refractivity contribution is -0.134. The number of aromatic hydroxyl groups is 1. The van der Waals surface area contributed by atoms with Crippen molar-refractivity contribution >= 4 is 17.6 Å². The first-order valence-electron chi connectivity index (χ1n) is 16.8. The smallest absolute Gasteiger partial charge is 0.243 e. The monoisotopic (exact) mass is 634 g/mol. The molecule has 244 valence electrons. The van der Waals surface area contributed by atoms with Gasteiger partial charge < -0.3 is 21.1 Å². The number of hydrogen-bond acceptors (Lipinski definition) is 9. The van der Waals surface area contributed by atoms with E-state index >= 15 is 0 Å². The maximum atomic E-state index is 12.1. The van der Waals surface area contributed by atoms with Crippen molar-refractivity contribution in [1.29, 1.82) is 0 Å². The van der Waals surface area contributed by atoms with Crippen LogP contribution in [0.5, 0.6) is 5.75 Å². The second kappa shape index (κ2) is 13.6. The Morgan fingerprint density at radius 1 is 0.894 bits per heavy atom. The van der Waals surface area contributed by atoms with Crippen molar-refractivity contribution in [2.24, 2.45) is 0 Å². The number of rotatable bonds is 8. The number of piperidine rings is 2. The number of likely N-dealkylation sites (tertiary alicyclic amines) is 1. The lowest BCUT2D eigenvalue weighted by Gasteiger charge is -2.41.